The van der Waals surface area contributed by atoms with Crippen LogP contribution in [0.25, 0.3) is 0 Å². The van der Waals surface area contributed by atoms with Crippen molar-refractivity contribution >= 4 is 0 Å². The third-order valence-corrected chi connectivity index (χ3v) is 4.58. The van der Waals surface area contributed by atoms with Gasteiger partial charge >= 0.3 is 0 Å². The van der Waals surface area contributed by atoms with E-state index in [0.29, 0.717) is 6.04 Å². The molecule has 2 bridgehead atoms. The molecule has 3 atom stereocenters. The van der Waals surface area contributed by atoms with Crippen LogP contribution in [0, 0.1) is 17.8 Å². The Morgan fingerprint density at radius 3 is 2.94 bits per heavy atom. The molecule has 0 spiro atoms. The highest BCUT2D eigenvalue weighted by atomic mass is 15.4. The van der Waals surface area contributed by atoms with Gasteiger partial charge in [-0.15, -0.1) is 5.10 Å². The van der Waals surface area contributed by atoms with Gasteiger partial charge in [0.2, 0.25) is 0 Å². The van der Waals surface area contributed by atoms with E-state index in [1.165, 1.54) is 25.7 Å². The average Bonchev–Trinajstić information content (AvgIpc) is 3.02. The largest absolute Gasteiger partial charge is 0.309 e. The Labute approximate surface area is 109 Å². The topological polar surface area (TPSA) is 42.7 Å². The van der Waals surface area contributed by atoms with E-state index < -0.39 is 0 Å². The molecule has 2 aliphatic carbocycles. The van der Waals surface area contributed by atoms with Gasteiger partial charge < -0.3 is 5.32 Å². The van der Waals surface area contributed by atoms with Gasteiger partial charge in [0.1, 0.15) is 0 Å². The second-order valence-electron chi connectivity index (χ2n) is 6.40. The Morgan fingerprint density at radius 2 is 2.28 bits per heavy atom. The van der Waals surface area contributed by atoms with Crippen molar-refractivity contribution in [1.29, 1.82) is 0 Å². The molecule has 0 aliphatic heterocycles. The molecule has 0 amide bonds. The lowest BCUT2D eigenvalue weighted by atomic mass is 9.89. The zero-order valence-corrected chi connectivity index (χ0v) is 11.5. The molecule has 4 heteroatoms. The van der Waals surface area contributed by atoms with E-state index in [1.54, 1.807) is 0 Å². The first kappa shape index (κ1) is 12.2. The van der Waals surface area contributed by atoms with Crippen molar-refractivity contribution in [2.75, 3.05) is 0 Å². The van der Waals surface area contributed by atoms with E-state index in [1.807, 2.05) is 0 Å². The summed E-state index contributed by atoms with van der Waals surface area (Å²) in [5.74, 6) is 2.85. The minimum Gasteiger partial charge on any atom is -0.309 e. The van der Waals surface area contributed by atoms with Crippen LogP contribution in [0.15, 0.2) is 6.20 Å². The number of rotatable bonds is 5. The summed E-state index contributed by atoms with van der Waals surface area (Å²) in [6, 6.07) is 0.501. The second kappa shape index (κ2) is 5.00. The summed E-state index contributed by atoms with van der Waals surface area (Å²) in [6.07, 6.45) is 7.93. The van der Waals surface area contributed by atoms with E-state index in [2.05, 4.69) is 40.4 Å². The van der Waals surface area contributed by atoms with Crippen LogP contribution in [0.5, 0.6) is 0 Å². The SMILES string of the molecule is CC(C)NCc1cn(CC2CC3CCC2C3)nn1. The fourth-order valence-electron chi connectivity index (χ4n) is 3.66. The summed E-state index contributed by atoms with van der Waals surface area (Å²) in [5, 5.41) is 11.9. The fourth-order valence-corrected chi connectivity index (χ4v) is 3.66. The molecular formula is C14H24N4. The third-order valence-electron chi connectivity index (χ3n) is 4.58. The molecule has 2 fully saturated rings. The number of hydrogen-bond acceptors (Lipinski definition) is 3. The van der Waals surface area contributed by atoms with Crippen molar-refractivity contribution in [2.45, 2.75) is 58.7 Å². The Balaban J connectivity index is 1.54. The Hall–Kier alpha value is -0.900. The van der Waals surface area contributed by atoms with Gasteiger partial charge in [-0.1, -0.05) is 25.5 Å². The van der Waals surface area contributed by atoms with Crippen LogP contribution in [0.1, 0.15) is 45.2 Å². The fraction of sp³-hybridized carbons (Fsp3) is 0.857. The van der Waals surface area contributed by atoms with Gasteiger partial charge in [-0.25, -0.2) is 0 Å². The van der Waals surface area contributed by atoms with Crippen molar-refractivity contribution in [2.24, 2.45) is 17.8 Å². The highest BCUT2D eigenvalue weighted by Gasteiger charge is 2.39. The maximum absolute atomic E-state index is 4.27. The van der Waals surface area contributed by atoms with Crippen LogP contribution in [-0.2, 0) is 13.1 Å². The van der Waals surface area contributed by atoms with Crippen molar-refractivity contribution in [1.82, 2.24) is 20.3 Å². The molecule has 1 N–H and O–H groups in total. The summed E-state index contributed by atoms with van der Waals surface area (Å²) in [7, 11) is 0. The van der Waals surface area contributed by atoms with E-state index in [9.17, 15) is 0 Å². The summed E-state index contributed by atoms with van der Waals surface area (Å²) in [4.78, 5) is 0. The van der Waals surface area contributed by atoms with Crippen LogP contribution >= 0.6 is 0 Å². The second-order valence-corrected chi connectivity index (χ2v) is 6.40. The van der Waals surface area contributed by atoms with E-state index in [4.69, 9.17) is 0 Å². The minimum absolute atomic E-state index is 0.501. The standard InChI is InChI=1S/C14H24N4/c1-10(2)15-7-14-9-18(17-16-14)8-13-6-11-3-4-12(13)5-11/h9-13,15H,3-8H2,1-2H3. The van der Waals surface area contributed by atoms with Crippen LogP contribution < -0.4 is 5.32 Å². The van der Waals surface area contributed by atoms with Gasteiger partial charge in [0.25, 0.3) is 0 Å². The molecule has 4 nitrogen and oxygen atoms in total. The molecule has 3 unspecified atom stereocenters. The van der Waals surface area contributed by atoms with Gasteiger partial charge in [-0.05, 0) is 37.0 Å². The summed E-state index contributed by atoms with van der Waals surface area (Å²) < 4.78 is 2.06. The zero-order valence-electron chi connectivity index (χ0n) is 11.5. The van der Waals surface area contributed by atoms with E-state index >= 15 is 0 Å². The normalized spacial score (nSPS) is 30.5. The molecule has 2 saturated carbocycles. The molecule has 100 valence electrons. The van der Waals surface area contributed by atoms with Gasteiger partial charge in [-0.3, -0.25) is 4.68 Å². The third kappa shape index (κ3) is 2.58. The lowest BCUT2D eigenvalue weighted by molar-refractivity contribution is 0.283. The molecule has 0 aromatic carbocycles. The molecule has 0 saturated heterocycles. The highest BCUT2D eigenvalue weighted by molar-refractivity contribution is 4.94. The first-order valence-corrected chi connectivity index (χ1v) is 7.33. The van der Waals surface area contributed by atoms with Crippen LogP contribution in [-0.4, -0.2) is 21.0 Å². The lowest BCUT2D eigenvalue weighted by Gasteiger charge is -2.20. The first-order valence-electron chi connectivity index (χ1n) is 7.33. The number of nitrogens with zero attached hydrogens (tertiary/aromatic N) is 3. The van der Waals surface area contributed by atoms with Crippen LogP contribution in [0.2, 0.25) is 0 Å². The molecule has 0 radical (unpaired) electrons. The van der Waals surface area contributed by atoms with Crippen molar-refractivity contribution < 1.29 is 0 Å². The Kier molecular flexibility index (Phi) is 3.37. The average molecular weight is 248 g/mol. The zero-order chi connectivity index (χ0) is 12.5. The van der Waals surface area contributed by atoms with E-state index in [0.717, 1.165) is 36.5 Å². The summed E-state index contributed by atoms with van der Waals surface area (Å²) in [5.41, 5.74) is 1.06. The van der Waals surface area contributed by atoms with Crippen molar-refractivity contribution in [3.8, 4) is 0 Å². The first-order chi connectivity index (χ1) is 8.70. The Morgan fingerprint density at radius 1 is 1.39 bits per heavy atom. The maximum Gasteiger partial charge on any atom is 0.0964 e. The minimum atomic E-state index is 0.501. The molecule has 18 heavy (non-hydrogen) atoms. The summed E-state index contributed by atoms with van der Waals surface area (Å²) >= 11 is 0. The maximum atomic E-state index is 4.27. The number of aromatic nitrogens is 3. The predicted octanol–water partition coefficient (Wildman–Crippen LogP) is 2.21. The van der Waals surface area contributed by atoms with Gasteiger partial charge in [0, 0.05) is 25.3 Å². The van der Waals surface area contributed by atoms with Crippen molar-refractivity contribution in [3.05, 3.63) is 11.9 Å². The molecule has 1 aromatic heterocycles. The van der Waals surface area contributed by atoms with Crippen molar-refractivity contribution in [3.63, 3.8) is 0 Å². The monoisotopic (exact) mass is 248 g/mol. The van der Waals surface area contributed by atoms with Gasteiger partial charge in [-0.2, -0.15) is 0 Å². The molecule has 3 rings (SSSR count). The molecular weight excluding hydrogens is 224 g/mol. The molecule has 1 heterocycles. The smallest absolute Gasteiger partial charge is 0.0964 e. The number of fused-ring (bicyclic) bond motifs is 2. The predicted molar refractivity (Wildman–Crippen MR) is 70.9 cm³/mol. The quantitative estimate of drug-likeness (QED) is 0.869. The van der Waals surface area contributed by atoms with Crippen LogP contribution in [0.3, 0.4) is 0 Å². The lowest BCUT2D eigenvalue weighted by Crippen LogP contribution is -2.22. The highest BCUT2D eigenvalue weighted by Crippen LogP contribution is 2.48. The number of hydrogen-bond donors (Lipinski definition) is 1. The number of nitrogens with one attached hydrogen (secondary N) is 1. The van der Waals surface area contributed by atoms with Gasteiger partial charge in [0.05, 0.1) is 5.69 Å². The Bertz CT molecular complexity index is 398. The van der Waals surface area contributed by atoms with Crippen LogP contribution in [0.4, 0.5) is 0 Å². The van der Waals surface area contributed by atoms with E-state index in [-0.39, 0.29) is 0 Å². The molecule has 2 aliphatic rings. The molecule has 1 aromatic rings. The van der Waals surface area contributed by atoms with Gasteiger partial charge in [0.15, 0.2) is 0 Å². The summed E-state index contributed by atoms with van der Waals surface area (Å²) in [6.45, 7) is 6.21.